The SMILES string of the molecule is CCc1ccccc1CNCC1(O)CCC(C)CC1. The second kappa shape index (κ2) is 6.53. The highest BCUT2D eigenvalue weighted by atomic mass is 16.3. The van der Waals surface area contributed by atoms with Crippen LogP contribution in [0.1, 0.15) is 50.7 Å². The highest BCUT2D eigenvalue weighted by molar-refractivity contribution is 5.26. The third-order valence-corrected chi connectivity index (χ3v) is 4.47. The van der Waals surface area contributed by atoms with E-state index in [1.54, 1.807) is 0 Å². The van der Waals surface area contributed by atoms with E-state index in [4.69, 9.17) is 0 Å². The number of hydrogen-bond acceptors (Lipinski definition) is 2. The summed E-state index contributed by atoms with van der Waals surface area (Å²) in [5.41, 5.74) is 2.28. The number of hydrogen-bond donors (Lipinski definition) is 2. The zero-order valence-electron chi connectivity index (χ0n) is 12.3. The Bertz CT molecular complexity index is 394. The zero-order chi connectivity index (χ0) is 13.7. The Hall–Kier alpha value is -0.860. The lowest BCUT2D eigenvalue weighted by Crippen LogP contribution is -2.43. The van der Waals surface area contributed by atoms with E-state index in [9.17, 15) is 5.11 Å². The van der Waals surface area contributed by atoms with Gasteiger partial charge in [-0.05, 0) is 49.1 Å². The highest BCUT2D eigenvalue weighted by Gasteiger charge is 2.31. The van der Waals surface area contributed by atoms with Crippen molar-refractivity contribution < 1.29 is 5.11 Å². The van der Waals surface area contributed by atoms with Crippen molar-refractivity contribution >= 4 is 0 Å². The van der Waals surface area contributed by atoms with Crippen molar-refractivity contribution in [2.45, 2.75) is 58.1 Å². The molecule has 0 unspecified atom stereocenters. The molecule has 0 aromatic heterocycles. The number of benzene rings is 1. The summed E-state index contributed by atoms with van der Waals surface area (Å²) in [5.74, 6) is 0.779. The molecule has 0 aliphatic heterocycles. The van der Waals surface area contributed by atoms with Crippen molar-refractivity contribution in [2.24, 2.45) is 5.92 Å². The maximum Gasteiger partial charge on any atom is 0.0771 e. The fraction of sp³-hybridized carbons (Fsp3) is 0.647. The average molecular weight is 261 g/mol. The van der Waals surface area contributed by atoms with Gasteiger partial charge in [-0.25, -0.2) is 0 Å². The first-order valence-electron chi connectivity index (χ1n) is 7.63. The fourth-order valence-corrected chi connectivity index (χ4v) is 2.98. The van der Waals surface area contributed by atoms with E-state index in [1.807, 2.05) is 0 Å². The molecule has 2 rings (SSSR count). The van der Waals surface area contributed by atoms with E-state index in [1.165, 1.54) is 11.1 Å². The van der Waals surface area contributed by atoms with Crippen LogP contribution in [-0.4, -0.2) is 17.3 Å². The van der Waals surface area contributed by atoms with Crippen LogP contribution >= 0.6 is 0 Å². The first-order valence-corrected chi connectivity index (χ1v) is 7.63. The summed E-state index contributed by atoms with van der Waals surface area (Å²) < 4.78 is 0. The quantitative estimate of drug-likeness (QED) is 0.852. The lowest BCUT2D eigenvalue weighted by Gasteiger charge is -2.35. The minimum absolute atomic E-state index is 0.479. The molecule has 1 fully saturated rings. The van der Waals surface area contributed by atoms with Gasteiger partial charge >= 0.3 is 0 Å². The molecule has 0 saturated heterocycles. The van der Waals surface area contributed by atoms with Gasteiger partial charge in [-0.15, -0.1) is 0 Å². The molecule has 19 heavy (non-hydrogen) atoms. The minimum Gasteiger partial charge on any atom is -0.389 e. The smallest absolute Gasteiger partial charge is 0.0771 e. The van der Waals surface area contributed by atoms with Gasteiger partial charge < -0.3 is 10.4 Å². The summed E-state index contributed by atoms with van der Waals surface area (Å²) in [6.07, 6.45) is 5.26. The molecule has 0 spiro atoms. The summed E-state index contributed by atoms with van der Waals surface area (Å²) in [5, 5.41) is 14.0. The van der Waals surface area contributed by atoms with Crippen LogP contribution in [0.4, 0.5) is 0 Å². The Kier molecular flexibility index (Phi) is 5.00. The predicted octanol–water partition coefficient (Wildman–Crippen LogP) is 3.28. The number of aliphatic hydroxyl groups is 1. The first-order chi connectivity index (χ1) is 9.13. The third kappa shape index (κ3) is 4.05. The van der Waals surface area contributed by atoms with E-state index in [-0.39, 0.29) is 0 Å². The predicted molar refractivity (Wildman–Crippen MR) is 80.1 cm³/mol. The van der Waals surface area contributed by atoms with Crippen LogP contribution in [-0.2, 0) is 13.0 Å². The Balaban J connectivity index is 1.83. The number of nitrogens with one attached hydrogen (secondary N) is 1. The zero-order valence-corrected chi connectivity index (χ0v) is 12.3. The summed E-state index contributed by atoms with van der Waals surface area (Å²) in [6.45, 7) is 6.05. The maximum atomic E-state index is 10.5. The molecule has 2 N–H and O–H groups in total. The number of aryl methyl sites for hydroxylation is 1. The Morgan fingerprint density at radius 2 is 1.84 bits per heavy atom. The number of rotatable bonds is 5. The molecule has 1 aromatic carbocycles. The topological polar surface area (TPSA) is 32.3 Å². The van der Waals surface area contributed by atoms with Gasteiger partial charge in [0.25, 0.3) is 0 Å². The summed E-state index contributed by atoms with van der Waals surface area (Å²) in [4.78, 5) is 0. The van der Waals surface area contributed by atoms with Crippen molar-refractivity contribution in [3.63, 3.8) is 0 Å². The van der Waals surface area contributed by atoms with Crippen LogP contribution in [0.15, 0.2) is 24.3 Å². The van der Waals surface area contributed by atoms with Gasteiger partial charge in [0, 0.05) is 13.1 Å². The second-order valence-corrected chi connectivity index (χ2v) is 6.13. The molecule has 0 bridgehead atoms. The normalized spacial score (nSPS) is 27.4. The van der Waals surface area contributed by atoms with E-state index in [0.29, 0.717) is 0 Å². The molecule has 0 atom stereocenters. The van der Waals surface area contributed by atoms with Crippen molar-refractivity contribution in [1.82, 2.24) is 5.32 Å². The van der Waals surface area contributed by atoms with Gasteiger partial charge in [-0.3, -0.25) is 0 Å². The molecule has 1 saturated carbocycles. The molecular weight excluding hydrogens is 234 g/mol. The standard InChI is InChI=1S/C17H27NO/c1-3-15-6-4-5-7-16(15)12-18-13-17(19)10-8-14(2)9-11-17/h4-7,14,18-19H,3,8-13H2,1-2H3. The molecular formula is C17H27NO. The lowest BCUT2D eigenvalue weighted by molar-refractivity contribution is -0.00631. The monoisotopic (exact) mass is 261 g/mol. The van der Waals surface area contributed by atoms with E-state index in [2.05, 4.69) is 43.4 Å². The van der Waals surface area contributed by atoms with Gasteiger partial charge in [0.05, 0.1) is 5.60 Å². The van der Waals surface area contributed by atoms with Crippen molar-refractivity contribution in [2.75, 3.05) is 6.54 Å². The van der Waals surface area contributed by atoms with Crippen LogP contribution in [0.3, 0.4) is 0 Å². The molecule has 2 heteroatoms. The van der Waals surface area contributed by atoms with E-state index >= 15 is 0 Å². The van der Waals surface area contributed by atoms with E-state index < -0.39 is 5.60 Å². The summed E-state index contributed by atoms with van der Waals surface area (Å²) >= 11 is 0. The average Bonchev–Trinajstić information content (AvgIpc) is 2.43. The van der Waals surface area contributed by atoms with Gasteiger partial charge in [0.15, 0.2) is 0 Å². The Labute approximate surface area is 117 Å². The highest BCUT2D eigenvalue weighted by Crippen LogP contribution is 2.31. The van der Waals surface area contributed by atoms with Crippen LogP contribution in [0, 0.1) is 5.92 Å². The van der Waals surface area contributed by atoms with Crippen LogP contribution < -0.4 is 5.32 Å². The van der Waals surface area contributed by atoms with Crippen LogP contribution in [0.2, 0.25) is 0 Å². The minimum atomic E-state index is -0.479. The third-order valence-electron chi connectivity index (χ3n) is 4.47. The van der Waals surface area contributed by atoms with Gasteiger partial charge in [-0.2, -0.15) is 0 Å². The van der Waals surface area contributed by atoms with Gasteiger partial charge in [-0.1, -0.05) is 38.1 Å². The molecule has 0 heterocycles. The van der Waals surface area contributed by atoms with Gasteiger partial charge in [0.2, 0.25) is 0 Å². The molecule has 2 nitrogen and oxygen atoms in total. The summed E-state index contributed by atoms with van der Waals surface area (Å²) in [7, 11) is 0. The lowest BCUT2D eigenvalue weighted by atomic mass is 9.79. The largest absolute Gasteiger partial charge is 0.389 e. The summed E-state index contributed by atoms with van der Waals surface area (Å²) in [6, 6.07) is 8.55. The van der Waals surface area contributed by atoms with Gasteiger partial charge in [0.1, 0.15) is 0 Å². The van der Waals surface area contributed by atoms with Crippen molar-refractivity contribution in [3.05, 3.63) is 35.4 Å². The van der Waals surface area contributed by atoms with E-state index in [0.717, 1.165) is 51.1 Å². The van der Waals surface area contributed by atoms with Crippen molar-refractivity contribution in [1.29, 1.82) is 0 Å². The van der Waals surface area contributed by atoms with Crippen LogP contribution in [0.5, 0.6) is 0 Å². The first kappa shape index (κ1) is 14.5. The molecule has 1 aliphatic rings. The second-order valence-electron chi connectivity index (χ2n) is 6.13. The molecule has 0 radical (unpaired) electrons. The Morgan fingerprint density at radius 3 is 2.47 bits per heavy atom. The van der Waals surface area contributed by atoms with Crippen LogP contribution in [0.25, 0.3) is 0 Å². The fourth-order valence-electron chi connectivity index (χ4n) is 2.98. The molecule has 1 aromatic rings. The molecule has 1 aliphatic carbocycles. The Morgan fingerprint density at radius 1 is 1.21 bits per heavy atom. The molecule has 106 valence electrons. The maximum absolute atomic E-state index is 10.5. The molecule has 0 amide bonds. The van der Waals surface area contributed by atoms with Crippen molar-refractivity contribution in [3.8, 4) is 0 Å².